The van der Waals surface area contributed by atoms with Crippen LogP contribution in [0.1, 0.15) is 12.5 Å². The molecular formula is C28H18FN5O3S. The van der Waals surface area contributed by atoms with E-state index < -0.39 is 5.97 Å². The van der Waals surface area contributed by atoms with Crippen molar-refractivity contribution in [1.82, 2.24) is 24.4 Å². The highest BCUT2D eigenvalue weighted by Crippen LogP contribution is 2.28. The molecule has 3 aromatic carbocycles. The van der Waals surface area contributed by atoms with Crippen molar-refractivity contribution in [3.8, 4) is 34.1 Å². The highest BCUT2D eigenvalue weighted by atomic mass is 32.1. The number of thiazole rings is 1. The molecule has 6 aromatic rings. The molecule has 186 valence electrons. The van der Waals surface area contributed by atoms with Gasteiger partial charge in [-0.15, -0.1) is 5.10 Å². The zero-order chi connectivity index (χ0) is 26.2. The summed E-state index contributed by atoms with van der Waals surface area (Å²) < 4.78 is 22.2. The lowest BCUT2D eigenvalue weighted by Gasteiger charge is -2.04. The number of ether oxygens (including phenoxy) is 1. The van der Waals surface area contributed by atoms with Gasteiger partial charge in [-0.25, -0.2) is 9.07 Å². The number of esters is 1. The van der Waals surface area contributed by atoms with Crippen molar-refractivity contribution >= 4 is 28.3 Å². The van der Waals surface area contributed by atoms with Crippen LogP contribution in [0.25, 0.3) is 39.4 Å². The summed E-state index contributed by atoms with van der Waals surface area (Å²) in [7, 11) is 0. The molecule has 0 unspecified atom stereocenters. The number of hydrogen-bond acceptors (Lipinski definition) is 7. The van der Waals surface area contributed by atoms with Gasteiger partial charge in [0.15, 0.2) is 5.82 Å². The highest BCUT2D eigenvalue weighted by Gasteiger charge is 2.17. The van der Waals surface area contributed by atoms with Gasteiger partial charge in [0.25, 0.3) is 5.56 Å². The van der Waals surface area contributed by atoms with Crippen molar-refractivity contribution in [1.29, 1.82) is 0 Å². The van der Waals surface area contributed by atoms with E-state index in [-0.39, 0.29) is 17.2 Å². The van der Waals surface area contributed by atoms with Gasteiger partial charge in [0, 0.05) is 24.2 Å². The van der Waals surface area contributed by atoms with Gasteiger partial charge in [-0.3, -0.25) is 9.59 Å². The van der Waals surface area contributed by atoms with Gasteiger partial charge in [0.05, 0.1) is 15.8 Å². The number of fused-ring (bicyclic) bond motifs is 1. The number of aromatic nitrogens is 5. The topological polar surface area (TPSA) is 91.4 Å². The quantitative estimate of drug-likeness (QED) is 0.247. The Balaban J connectivity index is 1.46. The highest BCUT2D eigenvalue weighted by molar-refractivity contribution is 7.15. The summed E-state index contributed by atoms with van der Waals surface area (Å²) in [6, 6.07) is 22.5. The van der Waals surface area contributed by atoms with Crippen molar-refractivity contribution in [2.45, 2.75) is 6.92 Å². The molecule has 0 aliphatic heterocycles. The lowest BCUT2D eigenvalue weighted by Crippen LogP contribution is -2.23. The Hall–Kier alpha value is -4.96. The third-order valence-electron chi connectivity index (χ3n) is 5.73. The van der Waals surface area contributed by atoms with Gasteiger partial charge >= 0.3 is 5.97 Å². The number of nitrogens with zero attached hydrogens (tertiary/aromatic N) is 5. The van der Waals surface area contributed by atoms with Crippen LogP contribution in [0.4, 0.5) is 4.39 Å². The van der Waals surface area contributed by atoms with E-state index in [0.717, 1.165) is 5.69 Å². The van der Waals surface area contributed by atoms with Crippen LogP contribution in [0.2, 0.25) is 0 Å². The second-order valence-electron chi connectivity index (χ2n) is 8.36. The van der Waals surface area contributed by atoms with E-state index >= 15 is 0 Å². The summed E-state index contributed by atoms with van der Waals surface area (Å²) in [6.07, 6.45) is 3.56. The molecule has 0 saturated heterocycles. The van der Waals surface area contributed by atoms with E-state index in [9.17, 15) is 14.0 Å². The first kappa shape index (κ1) is 23.4. The van der Waals surface area contributed by atoms with Gasteiger partial charge in [-0.05, 0) is 54.6 Å². The summed E-state index contributed by atoms with van der Waals surface area (Å²) in [5, 5.41) is 9.11. The van der Waals surface area contributed by atoms with E-state index in [1.54, 1.807) is 47.2 Å². The maximum Gasteiger partial charge on any atom is 0.308 e. The molecule has 0 spiro atoms. The van der Waals surface area contributed by atoms with E-state index in [1.807, 2.05) is 36.5 Å². The second kappa shape index (κ2) is 9.49. The Kier molecular flexibility index (Phi) is 5.85. The second-order valence-corrected chi connectivity index (χ2v) is 9.36. The first-order valence-electron chi connectivity index (χ1n) is 11.6. The maximum atomic E-state index is 13.6. The summed E-state index contributed by atoms with van der Waals surface area (Å²) in [4.78, 5) is 29.7. The first-order chi connectivity index (χ1) is 18.5. The monoisotopic (exact) mass is 523 g/mol. The molecule has 0 bridgehead atoms. The number of carbonyl (C=O) groups is 1. The van der Waals surface area contributed by atoms with Crippen molar-refractivity contribution in [2.75, 3.05) is 0 Å². The Morgan fingerprint density at radius 2 is 1.71 bits per heavy atom. The lowest BCUT2D eigenvalue weighted by atomic mass is 10.1. The van der Waals surface area contributed by atoms with Crippen molar-refractivity contribution in [3.63, 3.8) is 0 Å². The number of rotatable bonds is 5. The molecule has 10 heteroatoms. The first-order valence-corrected chi connectivity index (χ1v) is 12.4. The van der Waals surface area contributed by atoms with Gasteiger partial charge < -0.3 is 4.74 Å². The van der Waals surface area contributed by atoms with Crippen LogP contribution in [0.15, 0.2) is 89.9 Å². The standard InChI is InChI=1S/C28H18FN5O3S/c1-17(35)37-23-10-6-5-9-22(23)26-30-28-34(32-26)27(36)24(38-28)15-19-16-33(21-7-3-2-4-8-21)31-25(19)18-11-13-20(29)14-12-18/h2-16H,1H3/b24-15-. The van der Waals surface area contributed by atoms with Crippen LogP contribution >= 0.6 is 11.3 Å². The van der Waals surface area contributed by atoms with Gasteiger partial charge in [0.1, 0.15) is 17.3 Å². The molecule has 3 aromatic heterocycles. The van der Waals surface area contributed by atoms with E-state index in [4.69, 9.17) is 9.84 Å². The Morgan fingerprint density at radius 1 is 0.974 bits per heavy atom. The number of halogens is 1. The fraction of sp³-hybridized carbons (Fsp3) is 0.0357. The van der Waals surface area contributed by atoms with Gasteiger partial charge in [0.2, 0.25) is 4.96 Å². The fourth-order valence-corrected chi connectivity index (χ4v) is 4.92. The van der Waals surface area contributed by atoms with Gasteiger partial charge in [-0.1, -0.05) is 41.7 Å². The zero-order valence-electron chi connectivity index (χ0n) is 19.9. The molecule has 38 heavy (non-hydrogen) atoms. The molecule has 0 aliphatic rings. The van der Waals surface area contributed by atoms with Crippen molar-refractivity contribution < 1.29 is 13.9 Å². The summed E-state index contributed by atoms with van der Waals surface area (Å²) in [5.74, 6) is -0.219. The molecule has 0 amide bonds. The predicted octanol–water partition coefficient (Wildman–Crippen LogP) is 4.28. The third-order valence-corrected chi connectivity index (χ3v) is 6.69. The van der Waals surface area contributed by atoms with Crippen LogP contribution < -0.4 is 14.8 Å². The zero-order valence-corrected chi connectivity index (χ0v) is 20.7. The molecule has 8 nitrogen and oxygen atoms in total. The molecule has 0 radical (unpaired) electrons. The van der Waals surface area contributed by atoms with Crippen LogP contribution in [-0.4, -0.2) is 30.3 Å². The Labute approximate surface area is 218 Å². The minimum absolute atomic E-state index is 0.278. The molecule has 0 atom stereocenters. The normalized spacial score (nSPS) is 11.8. The Bertz CT molecular complexity index is 1910. The SMILES string of the molecule is CC(=O)Oc1ccccc1-c1nc2s/c(=C\c3cn(-c4ccccc4)nc3-c3ccc(F)cc3)c(=O)n2n1. The largest absolute Gasteiger partial charge is 0.426 e. The fourth-order valence-electron chi connectivity index (χ4n) is 4.02. The van der Waals surface area contributed by atoms with E-state index in [0.29, 0.717) is 37.6 Å². The smallest absolute Gasteiger partial charge is 0.308 e. The van der Waals surface area contributed by atoms with Gasteiger partial charge in [-0.2, -0.15) is 14.6 Å². The van der Waals surface area contributed by atoms with E-state index in [2.05, 4.69) is 10.1 Å². The van der Waals surface area contributed by atoms with E-state index in [1.165, 1.54) is 34.9 Å². The molecule has 0 aliphatic carbocycles. The van der Waals surface area contributed by atoms with Crippen molar-refractivity contribution in [3.05, 3.63) is 111 Å². The van der Waals surface area contributed by atoms with Crippen LogP contribution in [-0.2, 0) is 4.79 Å². The van der Waals surface area contributed by atoms with Crippen molar-refractivity contribution in [2.24, 2.45) is 0 Å². The average Bonchev–Trinajstić information content (AvgIpc) is 3.60. The summed E-state index contributed by atoms with van der Waals surface area (Å²) >= 11 is 1.18. The average molecular weight is 524 g/mol. The third kappa shape index (κ3) is 4.37. The number of benzene rings is 3. The molecule has 0 N–H and O–H groups in total. The van der Waals surface area contributed by atoms with Crippen LogP contribution in [0, 0.1) is 5.82 Å². The number of hydrogen-bond donors (Lipinski definition) is 0. The minimum atomic E-state index is -0.465. The molecular weight excluding hydrogens is 505 g/mol. The number of para-hydroxylation sites is 2. The number of carbonyl (C=O) groups excluding carboxylic acids is 1. The summed E-state index contributed by atoms with van der Waals surface area (Å²) in [5.41, 5.74) is 3.00. The molecule has 6 rings (SSSR count). The predicted molar refractivity (Wildman–Crippen MR) is 142 cm³/mol. The molecule has 0 fully saturated rings. The maximum absolute atomic E-state index is 13.6. The van der Waals surface area contributed by atoms with Crippen LogP contribution in [0.3, 0.4) is 0 Å². The lowest BCUT2D eigenvalue weighted by molar-refractivity contribution is -0.131. The van der Waals surface area contributed by atoms with Crippen LogP contribution in [0.5, 0.6) is 5.75 Å². The molecule has 3 heterocycles. The molecule has 0 saturated carbocycles. The minimum Gasteiger partial charge on any atom is -0.426 e. The summed E-state index contributed by atoms with van der Waals surface area (Å²) in [6.45, 7) is 1.31. The Morgan fingerprint density at radius 3 is 2.45 bits per heavy atom.